The Morgan fingerprint density at radius 3 is 2.00 bits per heavy atom. The van der Waals surface area contributed by atoms with Crippen LogP contribution in [0.3, 0.4) is 0 Å². The van der Waals surface area contributed by atoms with Crippen LogP contribution in [0.1, 0.15) is 45.4 Å². The molecule has 4 fully saturated rings. The van der Waals surface area contributed by atoms with Crippen molar-refractivity contribution in [2.75, 3.05) is 13.2 Å². The van der Waals surface area contributed by atoms with E-state index in [4.69, 9.17) is 4.74 Å². The van der Waals surface area contributed by atoms with Gasteiger partial charge in [-0.1, -0.05) is 0 Å². The molecule has 1 unspecified atom stereocenters. The molecule has 0 N–H and O–H groups in total. The van der Waals surface area contributed by atoms with Crippen LogP contribution in [-0.2, 0) is 19.1 Å². The Bertz CT molecular complexity index is 479. The summed E-state index contributed by atoms with van der Waals surface area (Å²) in [6.07, 6.45) is 2.37. The highest BCUT2D eigenvalue weighted by molar-refractivity contribution is 5.78. The first kappa shape index (κ1) is 17.5. The average molecular weight is 348 g/mol. The number of carbonyl (C=O) groups is 2. The maximum absolute atomic E-state index is 12.4. The van der Waals surface area contributed by atoms with Gasteiger partial charge in [0.25, 0.3) is 0 Å². The zero-order valence-electron chi connectivity index (χ0n) is 13.7. The van der Waals surface area contributed by atoms with Crippen molar-refractivity contribution in [3.05, 3.63) is 0 Å². The Morgan fingerprint density at radius 1 is 1.04 bits per heavy atom. The number of ether oxygens (including phenoxy) is 2. The predicted octanol–water partition coefficient (Wildman–Crippen LogP) is 3.49. The van der Waals surface area contributed by atoms with Crippen LogP contribution in [-0.4, -0.2) is 31.3 Å². The summed E-state index contributed by atoms with van der Waals surface area (Å²) < 4.78 is 46.8. The van der Waals surface area contributed by atoms with Gasteiger partial charge in [0.05, 0.1) is 6.61 Å². The van der Waals surface area contributed by atoms with Crippen LogP contribution in [0.5, 0.6) is 0 Å². The molecule has 0 heterocycles. The van der Waals surface area contributed by atoms with Gasteiger partial charge < -0.3 is 9.47 Å². The Balaban J connectivity index is 1.44. The molecule has 1 atom stereocenters. The number of hydrogen-bond donors (Lipinski definition) is 0. The van der Waals surface area contributed by atoms with Crippen LogP contribution in [0, 0.1) is 29.1 Å². The summed E-state index contributed by atoms with van der Waals surface area (Å²) in [6, 6.07) is 0. The van der Waals surface area contributed by atoms with Gasteiger partial charge in [-0.25, -0.2) is 4.79 Å². The van der Waals surface area contributed by atoms with Crippen LogP contribution in [0.2, 0.25) is 0 Å². The van der Waals surface area contributed by atoms with Gasteiger partial charge in [0.15, 0.2) is 6.61 Å². The van der Waals surface area contributed by atoms with E-state index in [0.29, 0.717) is 13.5 Å². The van der Waals surface area contributed by atoms with Crippen LogP contribution in [0.4, 0.5) is 13.2 Å². The largest absolute Gasteiger partial charge is 0.463 e. The third-order valence-electron chi connectivity index (χ3n) is 5.88. The third kappa shape index (κ3) is 3.70. The van der Waals surface area contributed by atoms with Crippen molar-refractivity contribution in [1.29, 1.82) is 0 Å². The first-order chi connectivity index (χ1) is 11.2. The monoisotopic (exact) mass is 348 g/mol. The molecule has 0 aromatic rings. The van der Waals surface area contributed by atoms with Crippen LogP contribution >= 0.6 is 0 Å². The van der Waals surface area contributed by atoms with Gasteiger partial charge in [-0.3, -0.25) is 4.79 Å². The Hall–Kier alpha value is -1.27. The van der Waals surface area contributed by atoms with E-state index in [1.807, 2.05) is 0 Å². The molecule has 24 heavy (non-hydrogen) atoms. The molecule has 136 valence electrons. The summed E-state index contributed by atoms with van der Waals surface area (Å²) in [5.74, 6) is -2.29. The fourth-order valence-electron chi connectivity index (χ4n) is 5.13. The van der Waals surface area contributed by atoms with E-state index in [1.54, 1.807) is 0 Å². The average Bonchev–Trinajstić information content (AvgIpc) is 2.47. The van der Waals surface area contributed by atoms with Gasteiger partial charge in [0, 0.05) is 5.41 Å². The molecule has 0 amide bonds. The van der Waals surface area contributed by atoms with Gasteiger partial charge in [-0.15, -0.1) is 0 Å². The van der Waals surface area contributed by atoms with E-state index in [9.17, 15) is 22.8 Å². The van der Waals surface area contributed by atoms with E-state index in [-0.39, 0.29) is 5.41 Å². The van der Waals surface area contributed by atoms with Gasteiger partial charge >= 0.3 is 18.1 Å². The molecule has 4 aliphatic carbocycles. The lowest BCUT2D eigenvalue weighted by molar-refractivity contribution is -0.196. The molecule has 0 aliphatic heterocycles. The highest BCUT2D eigenvalue weighted by Gasteiger charge is 2.51. The SMILES string of the molecule is CC(C(=O)OCC(=O)OCC12CC3CC(CC(C3)C1)C2)C(F)(F)F. The standard InChI is InChI=1S/C17H23F3O4/c1-10(17(18,19)20)15(22)23-8-14(21)24-9-16-5-11-2-12(6-16)4-13(3-11)7-16/h10-13H,2-9H2,1H3. The second-order valence-corrected chi connectivity index (χ2v) is 7.95. The molecule has 0 radical (unpaired) electrons. The Kier molecular flexibility index (Phi) is 4.55. The fourth-order valence-corrected chi connectivity index (χ4v) is 5.13. The van der Waals surface area contributed by atoms with Gasteiger partial charge in [-0.05, 0) is 63.2 Å². The van der Waals surface area contributed by atoms with E-state index in [2.05, 4.69) is 4.74 Å². The van der Waals surface area contributed by atoms with Crippen molar-refractivity contribution in [3.63, 3.8) is 0 Å². The lowest BCUT2D eigenvalue weighted by atomic mass is 9.50. The van der Waals surface area contributed by atoms with Crippen molar-refractivity contribution in [2.24, 2.45) is 29.1 Å². The molecule has 0 aromatic heterocycles. The maximum atomic E-state index is 12.4. The normalized spacial score (nSPS) is 35.6. The smallest absolute Gasteiger partial charge is 0.401 e. The van der Waals surface area contributed by atoms with Crippen LogP contribution < -0.4 is 0 Å². The lowest BCUT2D eigenvalue weighted by Gasteiger charge is -2.56. The van der Waals surface area contributed by atoms with E-state index >= 15 is 0 Å². The summed E-state index contributed by atoms with van der Waals surface area (Å²) in [5.41, 5.74) is 0.0354. The second-order valence-electron chi connectivity index (χ2n) is 7.95. The van der Waals surface area contributed by atoms with Gasteiger partial charge in [-0.2, -0.15) is 13.2 Å². The predicted molar refractivity (Wildman–Crippen MR) is 77.7 cm³/mol. The molecule has 0 saturated heterocycles. The van der Waals surface area contributed by atoms with Crippen LogP contribution in [0.25, 0.3) is 0 Å². The maximum Gasteiger partial charge on any atom is 0.401 e. The van der Waals surface area contributed by atoms with Crippen molar-refractivity contribution in [3.8, 4) is 0 Å². The first-order valence-corrected chi connectivity index (χ1v) is 8.56. The third-order valence-corrected chi connectivity index (χ3v) is 5.88. The highest BCUT2D eigenvalue weighted by Crippen LogP contribution is 2.60. The molecular weight excluding hydrogens is 325 g/mol. The fraction of sp³-hybridized carbons (Fsp3) is 0.882. The van der Waals surface area contributed by atoms with E-state index in [1.165, 1.54) is 19.3 Å². The number of rotatable bonds is 5. The Morgan fingerprint density at radius 2 is 1.54 bits per heavy atom. The topological polar surface area (TPSA) is 52.6 Å². The molecular formula is C17H23F3O4. The molecule has 4 aliphatic rings. The molecule has 0 spiro atoms. The molecule has 4 rings (SSSR count). The number of carbonyl (C=O) groups excluding carboxylic acids is 2. The Labute approximate surface area is 139 Å². The summed E-state index contributed by atoms with van der Waals surface area (Å²) in [4.78, 5) is 23.0. The van der Waals surface area contributed by atoms with E-state index < -0.39 is 30.6 Å². The molecule has 7 heteroatoms. The van der Waals surface area contributed by atoms with E-state index in [0.717, 1.165) is 37.0 Å². The minimum atomic E-state index is -4.67. The zero-order valence-corrected chi connectivity index (χ0v) is 13.7. The van der Waals surface area contributed by atoms with Crippen molar-refractivity contribution >= 4 is 11.9 Å². The first-order valence-electron chi connectivity index (χ1n) is 8.56. The molecule has 4 nitrogen and oxygen atoms in total. The molecule has 4 bridgehead atoms. The minimum absolute atomic E-state index is 0.0354. The minimum Gasteiger partial charge on any atom is -0.463 e. The molecule has 4 saturated carbocycles. The van der Waals surface area contributed by atoms with Gasteiger partial charge in [0.2, 0.25) is 0 Å². The lowest BCUT2D eigenvalue weighted by Crippen LogP contribution is -2.48. The summed E-state index contributed by atoms with van der Waals surface area (Å²) in [6.45, 7) is 0.246. The summed E-state index contributed by atoms with van der Waals surface area (Å²) in [5, 5.41) is 0. The number of alkyl halides is 3. The number of halogens is 3. The van der Waals surface area contributed by atoms with Crippen molar-refractivity contribution in [1.82, 2.24) is 0 Å². The number of esters is 2. The van der Waals surface area contributed by atoms with Crippen molar-refractivity contribution < 1.29 is 32.2 Å². The number of hydrogen-bond acceptors (Lipinski definition) is 4. The zero-order chi connectivity index (χ0) is 17.5. The highest BCUT2D eigenvalue weighted by atomic mass is 19.4. The molecule has 0 aromatic carbocycles. The quantitative estimate of drug-likeness (QED) is 0.714. The van der Waals surface area contributed by atoms with Crippen LogP contribution in [0.15, 0.2) is 0 Å². The van der Waals surface area contributed by atoms with Gasteiger partial charge in [0.1, 0.15) is 5.92 Å². The van der Waals surface area contributed by atoms with Crippen molar-refractivity contribution in [2.45, 2.75) is 51.6 Å². The summed E-state index contributed by atoms with van der Waals surface area (Å²) in [7, 11) is 0. The second kappa shape index (κ2) is 6.23. The summed E-state index contributed by atoms with van der Waals surface area (Å²) >= 11 is 0.